The summed E-state index contributed by atoms with van der Waals surface area (Å²) in [4.78, 5) is 12.3. The van der Waals surface area contributed by atoms with Crippen molar-refractivity contribution in [1.82, 2.24) is 4.57 Å². The highest BCUT2D eigenvalue weighted by atomic mass is 16.3. The number of hydrogen-bond donors (Lipinski definition) is 1. The summed E-state index contributed by atoms with van der Waals surface area (Å²) in [6.45, 7) is 2.99. The maximum Gasteiger partial charge on any atom is 0.168 e. The van der Waals surface area contributed by atoms with Gasteiger partial charge in [-0.1, -0.05) is 25.5 Å². The van der Waals surface area contributed by atoms with Crippen molar-refractivity contribution < 1.29 is 9.90 Å². The first kappa shape index (κ1) is 12.3. The molecule has 0 radical (unpaired) electrons. The summed E-state index contributed by atoms with van der Waals surface area (Å²) in [5.41, 5.74) is 1.59. The molecule has 0 spiro atoms. The summed E-state index contributed by atoms with van der Waals surface area (Å²) in [5.74, 6) is 0.724. The average molecular weight is 257 g/mol. The average Bonchev–Trinajstić information content (AvgIpc) is 3.18. The number of ketones is 1. The van der Waals surface area contributed by atoms with E-state index < -0.39 is 0 Å². The number of fused-ring (bicyclic) bond motifs is 1. The van der Waals surface area contributed by atoms with Crippen molar-refractivity contribution in [1.29, 1.82) is 0 Å². The van der Waals surface area contributed by atoms with E-state index >= 15 is 0 Å². The minimum Gasteiger partial charge on any atom is -0.506 e. The highest BCUT2D eigenvalue weighted by molar-refractivity contribution is 6.10. The van der Waals surface area contributed by atoms with Gasteiger partial charge < -0.3 is 9.67 Å². The minimum atomic E-state index is 0.215. The monoisotopic (exact) mass is 257 g/mol. The second kappa shape index (κ2) is 4.72. The third kappa shape index (κ3) is 2.14. The molecular weight excluding hydrogens is 238 g/mol. The van der Waals surface area contributed by atoms with Crippen molar-refractivity contribution in [2.45, 2.75) is 39.2 Å². The normalized spacial score (nSPS) is 15.0. The zero-order valence-electron chi connectivity index (χ0n) is 11.2. The number of phenolic OH excluding ortho intramolecular Hbond substituents is 1. The zero-order chi connectivity index (χ0) is 13.4. The van der Waals surface area contributed by atoms with Gasteiger partial charge in [-0.05, 0) is 25.3 Å². The Morgan fingerprint density at radius 1 is 1.42 bits per heavy atom. The quantitative estimate of drug-likeness (QED) is 0.829. The van der Waals surface area contributed by atoms with E-state index in [2.05, 4.69) is 6.92 Å². The lowest BCUT2D eigenvalue weighted by atomic mass is 10.1. The van der Waals surface area contributed by atoms with E-state index in [4.69, 9.17) is 0 Å². The predicted octanol–water partition coefficient (Wildman–Crippen LogP) is 3.74. The van der Waals surface area contributed by atoms with Crippen LogP contribution in [0.4, 0.5) is 0 Å². The molecule has 1 N–H and O–H groups in total. The Hall–Kier alpha value is -1.77. The smallest absolute Gasteiger partial charge is 0.168 e. The number of carbonyl (C=O) groups excluding carboxylic acids is 1. The molecule has 0 bridgehead atoms. The van der Waals surface area contributed by atoms with Gasteiger partial charge in [0.15, 0.2) is 5.78 Å². The van der Waals surface area contributed by atoms with Crippen molar-refractivity contribution >= 4 is 16.7 Å². The molecule has 0 amide bonds. The Morgan fingerprint density at radius 2 is 2.21 bits per heavy atom. The van der Waals surface area contributed by atoms with Gasteiger partial charge in [0, 0.05) is 29.6 Å². The van der Waals surface area contributed by atoms with Crippen LogP contribution in [0.5, 0.6) is 5.75 Å². The second-order valence-electron chi connectivity index (χ2n) is 5.40. The van der Waals surface area contributed by atoms with Crippen LogP contribution in [-0.2, 0) is 6.54 Å². The van der Waals surface area contributed by atoms with Crippen LogP contribution in [0, 0.1) is 5.92 Å². The van der Waals surface area contributed by atoms with Crippen LogP contribution in [0.25, 0.3) is 10.9 Å². The standard InChI is InChI=1S/C16H19NO2/c1-2-3-9-17-10-13(16(19)11-7-8-11)12-5-4-6-14(18)15(12)17/h4-6,10-11,18H,2-3,7-9H2,1H3. The van der Waals surface area contributed by atoms with Crippen molar-refractivity contribution in [3.05, 3.63) is 30.0 Å². The molecule has 100 valence electrons. The topological polar surface area (TPSA) is 42.2 Å². The van der Waals surface area contributed by atoms with E-state index in [0.717, 1.165) is 48.7 Å². The minimum absolute atomic E-state index is 0.215. The number of rotatable bonds is 5. The number of aromatic nitrogens is 1. The Labute approximate surface area is 112 Å². The fraction of sp³-hybridized carbons (Fsp3) is 0.438. The first-order valence-corrected chi connectivity index (χ1v) is 7.07. The maximum absolute atomic E-state index is 12.3. The number of aromatic hydroxyl groups is 1. The van der Waals surface area contributed by atoms with Gasteiger partial charge in [0.1, 0.15) is 5.75 Å². The van der Waals surface area contributed by atoms with Gasteiger partial charge in [-0.2, -0.15) is 0 Å². The molecule has 3 rings (SSSR count). The van der Waals surface area contributed by atoms with Crippen LogP contribution in [0.1, 0.15) is 43.0 Å². The van der Waals surface area contributed by atoms with Crippen molar-refractivity contribution in [3.63, 3.8) is 0 Å². The Balaban J connectivity index is 2.11. The molecule has 1 saturated carbocycles. The van der Waals surface area contributed by atoms with Gasteiger partial charge in [0.05, 0.1) is 5.52 Å². The first-order chi connectivity index (χ1) is 9.22. The third-order valence-electron chi connectivity index (χ3n) is 3.84. The lowest BCUT2D eigenvalue weighted by Crippen LogP contribution is -2.00. The summed E-state index contributed by atoms with van der Waals surface area (Å²) in [7, 11) is 0. The molecule has 1 fully saturated rings. The van der Waals surface area contributed by atoms with Gasteiger partial charge >= 0.3 is 0 Å². The van der Waals surface area contributed by atoms with E-state index in [1.807, 2.05) is 22.9 Å². The van der Waals surface area contributed by atoms with Gasteiger partial charge in [-0.15, -0.1) is 0 Å². The number of benzene rings is 1. The number of para-hydroxylation sites is 1. The molecule has 1 aromatic carbocycles. The molecule has 1 heterocycles. The first-order valence-electron chi connectivity index (χ1n) is 7.07. The molecule has 0 saturated heterocycles. The Bertz CT molecular complexity index is 623. The van der Waals surface area contributed by atoms with Crippen molar-refractivity contribution in [3.8, 4) is 5.75 Å². The van der Waals surface area contributed by atoms with Gasteiger partial charge in [-0.3, -0.25) is 4.79 Å². The number of nitrogens with zero attached hydrogens (tertiary/aromatic N) is 1. The van der Waals surface area contributed by atoms with Crippen LogP contribution < -0.4 is 0 Å². The summed E-state index contributed by atoms with van der Waals surface area (Å²) >= 11 is 0. The fourth-order valence-electron chi connectivity index (χ4n) is 2.61. The van der Waals surface area contributed by atoms with Gasteiger partial charge in [0.2, 0.25) is 0 Å². The lowest BCUT2D eigenvalue weighted by Gasteiger charge is -2.04. The van der Waals surface area contributed by atoms with Gasteiger partial charge in [-0.25, -0.2) is 0 Å². The Morgan fingerprint density at radius 3 is 2.89 bits per heavy atom. The van der Waals surface area contributed by atoms with Crippen LogP contribution in [0.15, 0.2) is 24.4 Å². The molecule has 3 heteroatoms. The molecule has 1 aromatic heterocycles. The SMILES string of the molecule is CCCCn1cc(C(=O)C2CC2)c2cccc(O)c21. The second-order valence-corrected chi connectivity index (χ2v) is 5.40. The summed E-state index contributed by atoms with van der Waals surface area (Å²) in [5, 5.41) is 11.0. The summed E-state index contributed by atoms with van der Waals surface area (Å²) < 4.78 is 2.03. The molecule has 0 unspecified atom stereocenters. The molecule has 1 aliphatic carbocycles. The van der Waals surface area contributed by atoms with Crippen molar-refractivity contribution in [2.24, 2.45) is 5.92 Å². The molecule has 2 aromatic rings. The number of carbonyl (C=O) groups is 1. The lowest BCUT2D eigenvalue weighted by molar-refractivity contribution is 0.0969. The fourth-order valence-corrected chi connectivity index (χ4v) is 2.61. The number of phenols is 1. The Kier molecular flexibility index (Phi) is 3.05. The zero-order valence-corrected chi connectivity index (χ0v) is 11.2. The summed E-state index contributed by atoms with van der Waals surface area (Å²) in [6.07, 6.45) is 6.10. The van der Waals surface area contributed by atoms with Gasteiger partial charge in [0.25, 0.3) is 0 Å². The number of unbranched alkanes of at least 4 members (excludes halogenated alkanes) is 1. The molecule has 1 aliphatic rings. The highest BCUT2D eigenvalue weighted by Gasteiger charge is 2.32. The maximum atomic E-state index is 12.3. The molecular formula is C16H19NO2. The summed E-state index contributed by atoms with van der Waals surface area (Å²) in [6, 6.07) is 5.44. The molecule has 3 nitrogen and oxygen atoms in total. The predicted molar refractivity (Wildman–Crippen MR) is 75.6 cm³/mol. The van der Waals surface area contributed by atoms with E-state index in [1.165, 1.54) is 0 Å². The van der Waals surface area contributed by atoms with Crippen LogP contribution >= 0.6 is 0 Å². The molecule has 0 atom stereocenters. The van der Waals surface area contributed by atoms with E-state index in [9.17, 15) is 9.90 Å². The number of aryl methyl sites for hydroxylation is 1. The number of hydrogen-bond acceptors (Lipinski definition) is 2. The van der Waals surface area contributed by atoms with Crippen LogP contribution in [-0.4, -0.2) is 15.5 Å². The highest BCUT2D eigenvalue weighted by Crippen LogP contribution is 2.37. The van der Waals surface area contributed by atoms with E-state index in [0.29, 0.717) is 0 Å². The molecule has 19 heavy (non-hydrogen) atoms. The van der Waals surface area contributed by atoms with E-state index in [1.54, 1.807) is 6.07 Å². The molecule has 0 aliphatic heterocycles. The van der Waals surface area contributed by atoms with Crippen LogP contribution in [0.2, 0.25) is 0 Å². The van der Waals surface area contributed by atoms with Crippen LogP contribution in [0.3, 0.4) is 0 Å². The van der Waals surface area contributed by atoms with E-state index in [-0.39, 0.29) is 17.5 Å². The number of Topliss-reactive ketones (excluding diaryl/α,β-unsaturated/α-hetero) is 1. The van der Waals surface area contributed by atoms with Crippen molar-refractivity contribution in [2.75, 3.05) is 0 Å². The largest absolute Gasteiger partial charge is 0.506 e. The third-order valence-corrected chi connectivity index (χ3v) is 3.84.